The molecule has 3 heteroatoms. The summed E-state index contributed by atoms with van der Waals surface area (Å²) in [4.78, 5) is 7.25. The van der Waals surface area contributed by atoms with E-state index >= 15 is 0 Å². The van der Waals surface area contributed by atoms with E-state index in [1.807, 2.05) is 18.2 Å². The Morgan fingerprint density at radius 1 is 1.05 bits per heavy atom. The fourth-order valence-electron chi connectivity index (χ4n) is 4.07. The minimum Gasteiger partial charge on any atom is -0.454 e. The predicted octanol–water partition coefficient (Wildman–Crippen LogP) is 3.84. The topological polar surface area (TPSA) is 29.3 Å². The number of aromatic nitrogens is 1. The van der Waals surface area contributed by atoms with E-state index in [0.29, 0.717) is 5.41 Å². The lowest BCUT2D eigenvalue weighted by Gasteiger charge is -2.25. The zero-order valence-corrected chi connectivity index (χ0v) is 12.5. The van der Waals surface area contributed by atoms with Crippen LogP contribution in [0.2, 0.25) is 0 Å². The van der Waals surface area contributed by atoms with Gasteiger partial charge in [0.05, 0.1) is 0 Å². The second kappa shape index (κ2) is 4.43. The number of piperidine rings is 1. The van der Waals surface area contributed by atoms with Gasteiger partial charge in [0.2, 0.25) is 0 Å². The van der Waals surface area contributed by atoms with Crippen molar-refractivity contribution in [3.63, 3.8) is 0 Å². The molecule has 110 valence electrons. The Morgan fingerprint density at radius 2 is 1.91 bits per heavy atom. The van der Waals surface area contributed by atoms with Crippen molar-refractivity contribution in [2.75, 3.05) is 19.6 Å². The van der Waals surface area contributed by atoms with E-state index in [0.717, 1.165) is 22.4 Å². The first-order valence-corrected chi connectivity index (χ1v) is 8.00. The van der Waals surface area contributed by atoms with Gasteiger partial charge in [-0.1, -0.05) is 24.3 Å². The number of fused-ring (bicyclic) bond motifs is 3. The Hall–Kier alpha value is -2.13. The number of para-hydroxylation sites is 1. The molecule has 0 unspecified atom stereocenters. The van der Waals surface area contributed by atoms with Crippen LogP contribution >= 0.6 is 0 Å². The van der Waals surface area contributed by atoms with Gasteiger partial charge in [-0.3, -0.25) is 4.98 Å². The maximum atomic E-state index is 5.91. The van der Waals surface area contributed by atoms with Gasteiger partial charge in [-0.25, -0.2) is 0 Å². The number of pyridine rings is 1. The number of nitrogens with zero attached hydrogens (tertiary/aromatic N) is 2. The van der Waals surface area contributed by atoms with Crippen molar-refractivity contribution in [2.24, 2.45) is 0 Å². The molecule has 0 amide bonds. The van der Waals surface area contributed by atoms with Crippen molar-refractivity contribution in [1.82, 2.24) is 9.88 Å². The molecular formula is C19H18N2O. The lowest BCUT2D eigenvalue weighted by Crippen LogP contribution is -2.24. The van der Waals surface area contributed by atoms with Gasteiger partial charge in [-0.15, -0.1) is 0 Å². The molecule has 3 aromatic rings. The normalized spacial score (nSPS) is 26.8. The van der Waals surface area contributed by atoms with Crippen LogP contribution in [0.25, 0.3) is 22.4 Å². The molecule has 0 atom stereocenters. The van der Waals surface area contributed by atoms with Crippen LogP contribution in [-0.2, 0) is 5.41 Å². The lowest BCUT2D eigenvalue weighted by molar-refractivity contribution is 0.364. The van der Waals surface area contributed by atoms with Gasteiger partial charge in [0, 0.05) is 23.5 Å². The molecule has 0 radical (unpaired) electrons. The molecule has 4 heterocycles. The molecule has 22 heavy (non-hydrogen) atoms. The first-order chi connectivity index (χ1) is 10.8. The van der Waals surface area contributed by atoms with Gasteiger partial charge in [-0.05, 0) is 49.7 Å². The number of benzene rings is 1. The number of hydrogen-bond acceptors (Lipinski definition) is 3. The van der Waals surface area contributed by atoms with Gasteiger partial charge < -0.3 is 9.32 Å². The highest BCUT2D eigenvalue weighted by atomic mass is 16.3. The molecule has 1 aromatic carbocycles. The first-order valence-electron chi connectivity index (χ1n) is 8.00. The van der Waals surface area contributed by atoms with Gasteiger partial charge in [0.15, 0.2) is 5.76 Å². The smallest absolute Gasteiger partial charge is 0.153 e. The van der Waals surface area contributed by atoms with E-state index in [9.17, 15) is 0 Å². The fourth-order valence-corrected chi connectivity index (χ4v) is 4.07. The van der Waals surface area contributed by atoms with E-state index in [1.54, 1.807) is 0 Å². The predicted molar refractivity (Wildman–Crippen MR) is 86.8 cm³/mol. The van der Waals surface area contributed by atoms with E-state index < -0.39 is 0 Å². The van der Waals surface area contributed by atoms with E-state index in [2.05, 4.69) is 40.3 Å². The maximum Gasteiger partial charge on any atom is 0.153 e. The van der Waals surface area contributed by atoms with Crippen LogP contribution in [0.5, 0.6) is 0 Å². The second-order valence-corrected chi connectivity index (χ2v) is 6.64. The molecule has 2 bridgehead atoms. The van der Waals surface area contributed by atoms with Crippen molar-refractivity contribution >= 4 is 11.0 Å². The Labute approximate surface area is 129 Å². The molecule has 3 nitrogen and oxygen atoms in total. The highest BCUT2D eigenvalue weighted by molar-refractivity contribution is 5.82. The van der Waals surface area contributed by atoms with E-state index in [1.165, 1.54) is 38.0 Å². The molecule has 0 saturated carbocycles. The molecule has 2 fully saturated rings. The van der Waals surface area contributed by atoms with E-state index in [-0.39, 0.29) is 0 Å². The highest BCUT2D eigenvalue weighted by Crippen LogP contribution is 2.43. The molecule has 2 saturated heterocycles. The van der Waals surface area contributed by atoms with Crippen molar-refractivity contribution < 1.29 is 4.42 Å². The summed E-state index contributed by atoms with van der Waals surface area (Å²) in [6.07, 6.45) is 4.62. The van der Waals surface area contributed by atoms with Gasteiger partial charge >= 0.3 is 0 Å². The monoisotopic (exact) mass is 290 g/mol. The summed E-state index contributed by atoms with van der Waals surface area (Å²) in [5.74, 6) is 0.852. The maximum absolute atomic E-state index is 5.91. The average Bonchev–Trinajstić information content (AvgIpc) is 3.29. The summed E-state index contributed by atoms with van der Waals surface area (Å²) in [5, 5.41) is 1.13. The van der Waals surface area contributed by atoms with Crippen LogP contribution in [0.1, 0.15) is 18.4 Å². The Balaban J connectivity index is 1.51. The van der Waals surface area contributed by atoms with Crippen molar-refractivity contribution in [1.29, 1.82) is 0 Å². The van der Waals surface area contributed by atoms with Crippen molar-refractivity contribution in [3.05, 3.63) is 54.2 Å². The Kier molecular flexibility index (Phi) is 2.50. The quantitative estimate of drug-likeness (QED) is 0.718. The van der Waals surface area contributed by atoms with Crippen LogP contribution in [-0.4, -0.2) is 29.5 Å². The standard InChI is InChI=1S/C19H18N2O/c1-2-4-17-14(3-1)11-18(22-17)16-6-5-15(12-20-16)19-7-9-21(13-19)10-8-19/h1-6,11-12H,7-10,13H2. The first kappa shape index (κ1) is 12.4. The summed E-state index contributed by atoms with van der Waals surface area (Å²) >= 11 is 0. The zero-order valence-electron chi connectivity index (χ0n) is 12.5. The van der Waals surface area contributed by atoms with Gasteiger partial charge in [0.1, 0.15) is 11.3 Å². The zero-order chi connectivity index (χ0) is 14.6. The third-order valence-corrected chi connectivity index (χ3v) is 5.39. The molecular weight excluding hydrogens is 272 g/mol. The lowest BCUT2D eigenvalue weighted by atomic mass is 9.78. The number of hydrogen-bond donors (Lipinski definition) is 0. The summed E-state index contributed by atoms with van der Waals surface area (Å²) < 4.78 is 5.91. The van der Waals surface area contributed by atoms with Crippen LogP contribution in [0.15, 0.2) is 53.1 Å². The van der Waals surface area contributed by atoms with Crippen molar-refractivity contribution in [2.45, 2.75) is 18.3 Å². The minimum atomic E-state index is 0.361. The summed E-state index contributed by atoms with van der Waals surface area (Å²) in [6.45, 7) is 3.69. The van der Waals surface area contributed by atoms with Crippen LogP contribution in [0.4, 0.5) is 0 Å². The third-order valence-electron chi connectivity index (χ3n) is 5.39. The average molecular weight is 290 g/mol. The highest BCUT2D eigenvalue weighted by Gasteiger charge is 2.44. The van der Waals surface area contributed by atoms with Gasteiger partial charge in [-0.2, -0.15) is 0 Å². The molecule has 0 aliphatic carbocycles. The summed E-state index contributed by atoms with van der Waals surface area (Å²) in [6, 6.07) is 14.5. The largest absolute Gasteiger partial charge is 0.454 e. The number of furan rings is 1. The van der Waals surface area contributed by atoms with Crippen LogP contribution < -0.4 is 0 Å². The molecule has 2 aliphatic heterocycles. The number of rotatable bonds is 2. The third kappa shape index (κ3) is 1.75. The molecule has 0 spiro atoms. The Morgan fingerprint density at radius 3 is 2.59 bits per heavy atom. The second-order valence-electron chi connectivity index (χ2n) is 6.64. The molecule has 0 N–H and O–H groups in total. The van der Waals surface area contributed by atoms with Gasteiger partial charge in [0.25, 0.3) is 0 Å². The minimum absolute atomic E-state index is 0.361. The fraction of sp³-hybridized carbons (Fsp3) is 0.316. The molecule has 5 rings (SSSR count). The molecule has 2 aliphatic rings. The Bertz CT molecular complexity index is 793. The van der Waals surface area contributed by atoms with E-state index in [4.69, 9.17) is 4.42 Å². The summed E-state index contributed by atoms with van der Waals surface area (Å²) in [5.41, 5.74) is 3.60. The molecule has 2 aromatic heterocycles. The van der Waals surface area contributed by atoms with Crippen molar-refractivity contribution in [3.8, 4) is 11.5 Å². The SMILES string of the molecule is c1ccc2oc(-c3ccc(C45CCN(CC4)C5)cn3)cc2c1. The van der Waals surface area contributed by atoms with Crippen LogP contribution in [0.3, 0.4) is 0 Å². The van der Waals surface area contributed by atoms with Crippen LogP contribution in [0, 0.1) is 0 Å². The summed E-state index contributed by atoms with van der Waals surface area (Å²) in [7, 11) is 0.